The van der Waals surface area contributed by atoms with Gasteiger partial charge in [0, 0.05) is 6.54 Å². The van der Waals surface area contributed by atoms with Crippen molar-refractivity contribution in [2.75, 3.05) is 13.7 Å². The Labute approximate surface area is 97.9 Å². The SMILES string of the molecule is COc1cc(C(CN)C(=O)O)cc(C#N)c1O. The second-order valence-electron chi connectivity index (χ2n) is 3.36. The Morgan fingerprint density at radius 3 is 2.71 bits per heavy atom. The maximum absolute atomic E-state index is 10.9. The second kappa shape index (κ2) is 5.18. The Morgan fingerprint density at radius 2 is 2.29 bits per heavy atom. The molecule has 0 bridgehead atoms. The van der Waals surface area contributed by atoms with Crippen LogP contribution in [0.1, 0.15) is 17.0 Å². The zero-order valence-electron chi connectivity index (χ0n) is 9.17. The highest BCUT2D eigenvalue weighted by molar-refractivity contribution is 5.77. The minimum atomic E-state index is -1.09. The van der Waals surface area contributed by atoms with Gasteiger partial charge < -0.3 is 20.7 Å². The van der Waals surface area contributed by atoms with Crippen molar-refractivity contribution in [1.29, 1.82) is 5.26 Å². The quantitative estimate of drug-likeness (QED) is 0.696. The maximum Gasteiger partial charge on any atom is 0.312 e. The van der Waals surface area contributed by atoms with Crippen molar-refractivity contribution in [1.82, 2.24) is 0 Å². The Balaban J connectivity index is 3.36. The first kappa shape index (κ1) is 12.8. The summed E-state index contributed by atoms with van der Waals surface area (Å²) < 4.78 is 4.87. The number of aliphatic carboxylic acids is 1. The van der Waals surface area contributed by atoms with E-state index in [0.29, 0.717) is 5.56 Å². The van der Waals surface area contributed by atoms with Gasteiger partial charge in [-0.05, 0) is 17.7 Å². The third-order valence-electron chi connectivity index (χ3n) is 2.37. The summed E-state index contributed by atoms with van der Waals surface area (Å²) >= 11 is 0. The van der Waals surface area contributed by atoms with Crippen LogP contribution in [0.2, 0.25) is 0 Å². The van der Waals surface area contributed by atoms with Gasteiger partial charge in [-0.2, -0.15) is 5.26 Å². The van der Waals surface area contributed by atoms with Gasteiger partial charge in [0.25, 0.3) is 0 Å². The monoisotopic (exact) mass is 236 g/mol. The van der Waals surface area contributed by atoms with E-state index in [-0.39, 0.29) is 23.6 Å². The molecule has 0 aliphatic rings. The van der Waals surface area contributed by atoms with E-state index in [0.717, 1.165) is 0 Å². The topological polar surface area (TPSA) is 117 Å². The molecule has 0 saturated heterocycles. The molecule has 1 rings (SSSR count). The fraction of sp³-hybridized carbons (Fsp3) is 0.273. The number of phenolic OH excluding ortho intramolecular Hbond substituents is 1. The first-order valence-corrected chi connectivity index (χ1v) is 4.79. The van der Waals surface area contributed by atoms with Crippen LogP contribution in [0, 0.1) is 11.3 Å². The normalized spacial score (nSPS) is 11.6. The maximum atomic E-state index is 10.9. The third kappa shape index (κ3) is 2.46. The predicted octanol–water partition coefficient (Wildman–Crippen LogP) is 0.399. The summed E-state index contributed by atoms with van der Waals surface area (Å²) in [4.78, 5) is 10.9. The number of carboxylic acid groups (broad SMARTS) is 1. The van der Waals surface area contributed by atoms with Gasteiger partial charge in [-0.3, -0.25) is 4.79 Å². The summed E-state index contributed by atoms with van der Waals surface area (Å²) in [5.74, 6) is -2.28. The molecule has 0 amide bonds. The lowest BCUT2D eigenvalue weighted by atomic mass is 9.97. The summed E-state index contributed by atoms with van der Waals surface area (Å²) in [5, 5.41) is 27.3. The summed E-state index contributed by atoms with van der Waals surface area (Å²) in [6, 6.07) is 4.42. The molecule has 6 heteroatoms. The smallest absolute Gasteiger partial charge is 0.312 e. The molecule has 17 heavy (non-hydrogen) atoms. The van der Waals surface area contributed by atoms with E-state index in [4.69, 9.17) is 20.8 Å². The number of benzene rings is 1. The average Bonchev–Trinajstić information content (AvgIpc) is 2.31. The molecule has 0 fully saturated rings. The number of methoxy groups -OCH3 is 1. The fourth-order valence-electron chi connectivity index (χ4n) is 1.45. The van der Waals surface area contributed by atoms with Gasteiger partial charge in [-0.25, -0.2) is 0 Å². The van der Waals surface area contributed by atoms with Crippen molar-refractivity contribution < 1.29 is 19.7 Å². The van der Waals surface area contributed by atoms with E-state index in [2.05, 4.69) is 0 Å². The molecule has 0 spiro atoms. The van der Waals surface area contributed by atoms with Crippen LogP contribution in [-0.4, -0.2) is 29.8 Å². The van der Waals surface area contributed by atoms with Crippen LogP contribution < -0.4 is 10.5 Å². The Bertz CT molecular complexity index is 479. The molecule has 90 valence electrons. The van der Waals surface area contributed by atoms with Gasteiger partial charge >= 0.3 is 5.97 Å². The van der Waals surface area contributed by atoms with Gasteiger partial charge in [0.05, 0.1) is 18.6 Å². The van der Waals surface area contributed by atoms with Gasteiger partial charge in [0.2, 0.25) is 0 Å². The van der Waals surface area contributed by atoms with Crippen LogP contribution >= 0.6 is 0 Å². The van der Waals surface area contributed by atoms with Crippen molar-refractivity contribution >= 4 is 5.97 Å². The second-order valence-corrected chi connectivity index (χ2v) is 3.36. The lowest BCUT2D eigenvalue weighted by molar-refractivity contribution is -0.138. The van der Waals surface area contributed by atoms with Crippen molar-refractivity contribution in [3.63, 3.8) is 0 Å². The molecule has 1 aromatic rings. The van der Waals surface area contributed by atoms with Crippen LogP contribution in [0.3, 0.4) is 0 Å². The summed E-state index contributed by atoms with van der Waals surface area (Å²) in [6.07, 6.45) is 0. The van der Waals surface area contributed by atoms with E-state index in [1.165, 1.54) is 19.2 Å². The first-order chi connectivity index (χ1) is 8.04. The van der Waals surface area contributed by atoms with Crippen molar-refractivity contribution in [3.05, 3.63) is 23.3 Å². The number of phenols is 1. The number of hydrogen-bond donors (Lipinski definition) is 3. The molecule has 1 aromatic carbocycles. The molecule has 0 aromatic heterocycles. The number of nitrogens with zero attached hydrogens (tertiary/aromatic N) is 1. The molecule has 0 aliphatic heterocycles. The van der Waals surface area contributed by atoms with E-state index < -0.39 is 11.9 Å². The number of carbonyl (C=O) groups is 1. The number of hydrogen-bond acceptors (Lipinski definition) is 5. The summed E-state index contributed by atoms with van der Waals surface area (Å²) in [7, 11) is 1.32. The van der Waals surface area contributed by atoms with Crippen molar-refractivity contribution in [2.24, 2.45) is 5.73 Å². The highest BCUT2D eigenvalue weighted by Gasteiger charge is 2.21. The van der Waals surface area contributed by atoms with E-state index in [1.807, 2.05) is 0 Å². The van der Waals surface area contributed by atoms with E-state index >= 15 is 0 Å². The van der Waals surface area contributed by atoms with Crippen LogP contribution in [0.15, 0.2) is 12.1 Å². The Kier molecular flexibility index (Phi) is 3.91. The number of nitrogens with two attached hydrogens (primary N) is 1. The minimum Gasteiger partial charge on any atom is -0.503 e. The Morgan fingerprint density at radius 1 is 1.65 bits per heavy atom. The lowest BCUT2D eigenvalue weighted by Crippen LogP contribution is -2.21. The molecule has 4 N–H and O–H groups in total. The first-order valence-electron chi connectivity index (χ1n) is 4.79. The van der Waals surface area contributed by atoms with Crippen molar-refractivity contribution in [2.45, 2.75) is 5.92 Å². The average molecular weight is 236 g/mol. The molecule has 0 aliphatic carbocycles. The molecule has 1 unspecified atom stereocenters. The van der Waals surface area contributed by atoms with Crippen LogP contribution in [0.5, 0.6) is 11.5 Å². The van der Waals surface area contributed by atoms with Gasteiger partial charge in [0.15, 0.2) is 11.5 Å². The molecule has 1 atom stereocenters. The summed E-state index contributed by atoms with van der Waals surface area (Å²) in [5.41, 5.74) is 5.64. The standard InChI is InChI=1S/C11H12N2O4/c1-17-9-3-6(8(5-13)11(15)16)2-7(4-12)10(9)14/h2-3,8,14H,5,13H2,1H3,(H,15,16). The largest absolute Gasteiger partial charge is 0.503 e. The van der Waals surface area contributed by atoms with Crippen LogP contribution in [0.4, 0.5) is 0 Å². The summed E-state index contributed by atoms with van der Waals surface area (Å²) in [6.45, 7) is -0.103. The highest BCUT2D eigenvalue weighted by atomic mass is 16.5. The van der Waals surface area contributed by atoms with E-state index in [1.54, 1.807) is 6.07 Å². The predicted molar refractivity (Wildman–Crippen MR) is 58.8 cm³/mol. The number of carboxylic acids is 1. The van der Waals surface area contributed by atoms with Crippen molar-refractivity contribution in [3.8, 4) is 17.6 Å². The zero-order valence-corrected chi connectivity index (χ0v) is 9.17. The highest BCUT2D eigenvalue weighted by Crippen LogP contribution is 2.33. The minimum absolute atomic E-state index is 0.0425. The number of rotatable bonds is 4. The van der Waals surface area contributed by atoms with Crippen LogP contribution in [-0.2, 0) is 4.79 Å². The lowest BCUT2D eigenvalue weighted by Gasteiger charge is -2.13. The number of ether oxygens (including phenoxy) is 1. The van der Waals surface area contributed by atoms with Gasteiger partial charge in [0.1, 0.15) is 6.07 Å². The third-order valence-corrected chi connectivity index (χ3v) is 2.37. The van der Waals surface area contributed by atoms with Crippen LogP contribution in [0.25, 0.3) is 0 Å². The number of aromatic hydroxyl groups is 1. The van der Waals surface area contributed by atoms with Gasteiger partial charge in [-0.15, -0.1) is 0 Å². The Hall–Kier alpha value is -2.26. The van der Waals surface area contributed by atoms with E-state index in [9.17, 15) is 9.90 Å². The molecule has 6 nitrogen and oxygen atoms in total. The molecule has 0 heterocycles. The molecular weight excluding hydrogens is 224 g/mol. The fourth-order valence-corrected chi connectivity index (χ4v) is 1.45. The number of nitriles is 1. The zero-order chi connectivity index (χ0) is 13.0. The molecular formula is C11H12N2O4. The molecule has 0 radical (unpaired) electrons. The molecule has 0 saturated carbocycles. The van der Waals surface area contributed by atoms with Gasteiger partial charge in [-0.1, -0.05) is 0 Å².